The summed E-state index contributed by atoms with van der Waals surface area (Å²) in [7, 11) is 0. The van der Waals surface area contributed by atoms with E-state index in [1.54, 1.807) is 15.3 Å². The van der Waals surface area contributed by atoms with E-state index in [0.717, 1.165) is 19.4 Å². The Hall–Kier alpha value is -1.32. The van der Waals surface area contributed by atoms with Gasteiger partial charge in [0.1, 0.15) is 0 Å². The first-order chi connectivity index (χ1) is 8.75. The van der Waals surface area contributed by atoms with Crippen LogP contribution in [0.15, 0.2) is 22.0 Å². The van der Waals surface area contributed by atoms with Crippen molar-refractivity contribution in [1.29, 1.82) is 0 Å². The summed E-state index contributed by atoms with van der Waals surface area (Å²) in [6.45, 7) is 0.722. The van der Waals surface area contributed by atoms with Gasteiger partial charge in [0.15, 0.2) is 0 Å². The lowest BCUT2D eigenvalue weighted by atomic mass is 9.95. The minimum Gasteiger partial charge on any atom is -0.309 e. The molecule has 2 aliphatic rings. The van der Waals surface area contributed by atoms with E-state index < -0.39 is 0 Å². The molecular formula is C14H20N2O2. The molecule has 2 aliphatic carbocycles. The maximum atomic E-state index is 12.1. The van der Waals surface area contributed by atoms with E-state index in [1.165, 1.54) is 32.1 Å². The smallest absolute Gasteiger partial charge is 0.309 e. The number of nitrogens with zero attached hydrogens (tertiary/aromatic N) is 2. The molecule has 0 saturated heterocycles. The summed E-state index contributed by atoms with van der Waals surface area (Å²) in [4.78, 5) is 24.1. The third-order valence-corrected chi connectivity index (χ3v) is 4.21. The predicted octanol–water partition coefficient (Wildman–Crippen LogP) is 1.93. The van der Waals surface area contributed by atoms with Crippen molar-refractivity contribution in [2.75, 3.05) is 0 Å². The topological polar surface area (TPSA) is 44.0 Å². The molecule has 0 unspecified atom stereocenters. The van der Waals surface area contributed by atoms with Crippen molar-refractivity contribution in [1.82, 2.24) is 9.13 Å². The Balaban J connectivity index is 1.89. The van der Waals surface area contributed by atoms with Gasteiger partial charge >= 0.3 is 11.1 Å². The van der Waals surface area contributed by atoms with Gasteiger partial charge in [-0.05, 0) is 31.6 Å². The summed E-state index contributed by atoms with van der Waals surface area (Å²) in [5.74, 6) is 0.618. The number of hydrogen-bond acceptors (Lipinski definition) is 2. The highest BCUT2D eigenvalue weighted by molar-refractivity contribution is 4.91. The fourth-order valence-electron chi connectivity index (χ4n) is 2.89. The van der Waals surface area contributed by atoms with Crippen LogP contribution in [0.5, 0.6) is 0 Å². The predicted molar refractivity (Wildman–Crippen MR) is 69.8 cm³/mol. The summed E-state index contributed by atoms with van der Waals surface area (Å²) in [5, 5.41) is 0. The zero-order valence-electron chi connectivity index (χ0n) is 10.7. The van der Waals surface area contributed by atoms with Crippen LogP contribution in [0.2, 0.25) is 0 Å². The molecule has 3 rings (SSSR count). The molecule has 18 heavy (non-hydrogen) atoms. The Labute approximate surface area is 106 Å². The van der Waals surface area contributed by atoms with Gasteiger partial charge in [-0.1, -0.05) is 19.3 Å². The van der Waals surface area contributed by atoms with Crippen LogP contribution >= 0.6 is 0 Å². The first kappa shape index (κ1) is 11.8. The van der Waals surface area contributed by atoms with E-state index in [1.807, 2.05) is 6.20 Å². The van der Waals surface area contributed by atoms with Crippen molar-refractivity contribution in [3.63, 3.8) is 0 Å². The van der Waals surface area contributed by atoms with Crippen molar-refractivity contribution < 1.29 is 0 Å². The van der Waals surface area contributed by atoms with E-state index >= 15 is 0 Å². The van der Waals surface area contributed by atoms with Crippen LogP contribution in [0.25, 0.3) is 0 Å². The van der Waals surface area contributed by atoms with Crippen LogP contribution in [0, 0.1) is 5.92 Å². The SMILES string of the molecule is O=c1c(=O)n(C2CCCCC2)ccn1CC1CC1. The van der Waals surface area contributed by atoms with E-state index in [-0.39, 0.29) is 17.2 Å². The standard InChI is InChI=1S/C14H20N2O2/c17-13-14(18)16(12-4-2-1-3-5-12)9-8-15(13)10-11-6-7-11/h8-9,11-12H,1-7,10H2. The maximum absolute atomic E-state index is 12.1. The van der Waals surface area contributed by atoms with Crippen LogP contribution in [0.4, 0.5) is 0 Å². The fraction of sp³-hybridized carbons (Fsp3) is 0.714. The van der Waals surface area contributed by atoms with Gasteiger partial charge in [-0.2, -0.15) is 0 Å². The van der Waals surface area contributed by atoms with Crippen molar-refractivity contribution in [3.8, 4) is 0 Å². The van der Waals surface area contributed by atoms with E-state index in [0.29, 0.717) is 5.92 Å². The molecule has 0 aromatic carbocycles. The largest absolute Gasteiger partial charge is 0.316 e. The monoisotopic (exact) mass is 248 g/mol. The average Bonchev–Trinajstić information content (AvgIpc) is 3.20. The van der Waals surface area contributed by atoms with Crippen LogP contribution in [0.1, 0.15) is 51.0 Å². The van der Waals surface area contributed by atoms with Gasteiger partial charge in [0.25, 0.3) is 0 Å². The molecule has 4 nitrogen and oxygen atoms in total. The maximum Gasteiger partial charge on any atom is 0.316 e. The van der Waals surface area contributed by atoms with Gasteiger partial charge in [0.05, 0.1) is 0 Å². The first-order valence-corrected chi connectivity index (χ1v) is 7.07. The Kier molecular flexibility index (Phi) is 3.10. The highest BCUT2D eigenvalue weighted by Gasteiger charge is 2.23. The second-order valence-electron chi connectivity index (χ2n) is 5.70. The minimum absolute atomic E-state index is 0.245. The zero-order chi connectivity index (χ0) is 12.5. The lowest BCUT2D eigenvalue weighted by molar-refractivity contribution is 0.341. The third-order valence-electron chi connectivity index (χ3n) is 4.21. The quantitative estimate of drug-likeness (QED) is 0.767. The van der Waals surface area contributed by atoms with Gasteiger partial charge in [-0.15, -0.1) is 0 Å². The molecule has 0 radical (unpaired) electrons. The molecule has 1 aromatic rings. The summed E-state index contributed by atoms with van der Waals surface area (Å²) in [5.41, 5.74) is -0.667. The van der Waals surface area contributed by atoms with E-state index in [2.05, 4.69) is 0 Å². The van der Waals surface area contributed by atoms with Crippen LogP contribution < -0.4 is 11.1 Å². The second kappa shape index (κ2) is 4.75. The highest BCUT2D eigenvalue weighted by Crippen LogP contribution is 2.30. The fourth-order valence-corrected chi connectivity index (χ4v) is 2.89. The van der Waals surface area contributed by atoms with Crippen LogP contribution in [-0.4, -0.2) is 9.13 Å². The molecule has 2 saturated carbocycles. The van der Waals surface area contributed by atoms with Gasteiger partial charge in [0.2, 0.25) is 0 Å². The first-order valence-electron chi connectivity index (χ1n) is 7.07. The molecule has 4 heteroatoms. The minimum atomic E-state index is -0.338. The van der Waals surface area contributed by atoms with E-state index in [4.69, 9.17) is 0 Å². The molecule has 1 heterocycles. The molecule has 0 amide bonds. The molecule has 0 aliphatic heterocycles. The summed E-state index contributed by atoms with van der Waals surface area (Å²) >= 11 is 0. The molecular weight excluding hydrogens is 228 g/mol. The second-order valence-corrected chi connectivity index (χ2v) is 5.70. The van der Waals surface area contributed by atoms with Crippen molar-refractivity contribution >= 4 is 0 Å². The van der Waals surface area contributed by atoms with Crippen molar-refractivity contribution in [3.05, 3.63) is 33.1 Å². The van der Waals surface area contributed by atoms with Crippen molar-refractivity contribution in [2.24, 2.45) is 5.92 Å². The van der Waals surface area contributed by atoms with Crippen LogP contribution in [0.3, 0.4) is 0 Å². The molecule has 0 atom stereocenters. The van der Waals surface area contributed by atoms with Gasteiger partial charge < -0.3 is 9.13 Å². The Bertz CT molecular complexity index is 533. The number of hydrogen-bond donors (Lipinski definition) is 0. The molecule has 0 bridgehead atoms. The van der Waals surface area contributed by atoms with Crippen LogP contribution in [-0.2, 0) is 6.54 Å². The normalized spacial score (nSPS) is 21.1. The molecule has 0 spiro atoms. The highest BCUT2D eigenvalue weighted by atomic mass is 16.2. The molecule has 98 valence electrons. The molecule has 1 aromatic heterocycles. The lowest BCUT2D eigenvalue weighted by Gasteiger charge is -2.23. The summed E-state index contributed by atoms with van der Waals surface area (Å²) in [6.07, 6.45) is 11.7. The van der Waals surface area contributed by atoms with Gasteiger partial charge in [-0.25, -0.2) is 0 Å². The Morgan fingerprint density at radius 1 is 0.944 bits per heavy atom. The lowest BCUT2D eigenvalue weighted by Crippen LogP contribution is -2.42. The summed E-state index contributed by atoms with van der Waals surface area (Å²) < 4.78 is 3.27. The van der Waals surface area contributed by atoms with Gasteiger partial charge in [-0.3, -0.25) is 9.59 Å². The Morgan fingerprint density at radius 2 is 1.67 bits per heavy atom. The number of rotatable bonds is 3. The summed E-state index contributed by atoms with van der Waals surface area (Å²) in [6, 6.07) is 0.245. The number of aromatic nitrogens is 2. The molecule has 2 fully saturated rings. The van der Waals surface area contributed by atoms with E-state index in [9.17, 15) is 9.59 Å². The van der Waals surface area contributed by atoms with Crippen molar-refractivity contribution in [2.45, 2.75) is 57.5 Å². The zero-order valence-corrected chi connectivity index (χ0v) is 10.7. The average molecular weight is 248 g/mol. The molecule has 0 N–H and O–H groups in total. The Morgan fingerprint density at radius 3 is 2.33 bits per heavy atom. The van der Waals surface area contributed by atoms with Gasteiger partial charge in [0, 0.05) is 25.0 Å². The third kappa shape index (κ3) is 2.28.